The molecule has 0 spiro atoms. The highest BCUT2D eigenvalue weighted by Gasteiger charge is 2.08. The zero-order valence-corrected chi connectivity index (χ0v) is 17.3. The maximum atomic E-state index is 5.41. The van der Waals surface area contributed by atoms with Crippen molar-refractivity contribution < 1.29 is 4.42 Å². The molecule has 0 saturated heterocycles. The number of benzene rings is 1. The molecule has 6 heteroatoms. The molecule has 3 rings (SSSR count). The average Bonchev–Trinajstić information content (AvgIpc) is 3.40. The fourth-order valence-electron chi connectivity index (χ4n) is 2.83. The van der Waals surface area contributed by atoms with Crippen molar-refractivity contribution in [1.82, 2.24) is 15.6 Å². The summed E-state index contributed by atoms with van der Waals surface area (Å²) in [7, 11) is 0. The van der Waals surface area contributed by atoms with E-state index >= 15 is 0 Å². The standard InChI is InChI=1S/C22H28N4OS/c1-3-20-16-25-21(28-20)12-14-24-22(23-13-11-19-10-7-15-27-19)26-17(2)18-8-5-4-6-9-18/h4-10,15-17H,3,11-14H2,1-2H3,(H2,23,24,26). The first kappa shape index (κ1) is 20.1. The number of guanidine groups is 1. The molecule has 1 atom stereocenters. The Bertz CT molecular complexity index is 843. The van der Waals surface area contributed by atoms with Crippen molar-refractivity contribution in [1.29, 1.82) is 0 Å². The van der Waals surface area contributed by atoms with Gasteiger partial charge in [-0.3, -0.25) is 4.99 Å². The second kappa shape index (κ2) is 10.7. The quantitative estimate of drug-likeness (QED) is 0.416. The molecule has 148 valence electrons. The lowest BCUT2D eigenvalue weighted by Crippen LogP contribution is -2.40. The van der Waals surface area contributed by atoms with Gasteiger partial charge in [-0.1, -0.05) is 37.3 Å². The molecule has 1 aromatic carbocycles. The second-order valence-corrected chi connectivity index (χ2v) is 7.79. The van der Waals surface area contributed by atoms with Crippen LogP contribution in [0, 0.1) is 0 Å². The molecule has 3 aromatic rings. The molecule has 1 unspecified atom stereocenters. The Kier molecular flexibility index (Phi) is 7.67. The summed E-state index contributed by atoms with van der Waals surface area (Å²) in [5, 5.41) is 8.08. The van der Waals surface area contributed by atoms with Crippen molar-refractivity contribution in [2.45, 2.75) is 39.2 Å². The highest BCUT2D eigenvalue weighted by molar-refractivity contribution is 7.11. The van der Waals surface area contributed by atoms with Crippen LogP contribution in [-0.4, -0.2) is 24.0 Å². The molecule has 28 heavy (non-hydrogen) atoms. The van der Waals surface area contributed by atoms with Crippen LogP contribution >= 0.6 is 11.3 Å². The Morgan fingerprint density at radius 1 is 1.18 bits per heavy atom. The van der Waals surface area contributed by atoms with Crippen molar-refractivity contribution in [3.63, 3.8) is 0 Å². The lowest BCUT2D eigenvalue weighted by Gasteiger charge is -2.18. The molecule has 0 aliphatic carbocycles. The molecular formula is C22H28N4OS. The van der Waals surface area contributed by atoms with Gasteiger partial charge in [0.2, 0.25) is 0 Å². The molecule has 2 heterocycles. The third-order valence-corrected chi connectivity index (χ3v) is 5.64. The minimum Gasteiger partial charge on any atom is -0.469 e. The summed E-state index contributed by atoms with van der Waals surface area (Å²) in [6, 6.07) is 14.5. The monoisotopic (exact) mass is 396 g/mol. The summed E-state index contributed by atoms with van der Waals surface area (Å²) in [4.78, 5) is 10.6. The van der Waals surface area contributed by atoms with Gasteiger partial charge in [-0.15, -0.1) is 11.3 Å². The van der Waals surface area contributed by atoms with E-state index in [-0.39, 0.29) is 6.04 Å². The van der Waals surface area contributed by atoms with Crippen molar-refractivity contribution in [2.75, 3.05) is 13.1 Å². The van der Waals surface area contributed by atoms with Crippen LogP contribution < -0.4 is 10.6 Å². The van der Waals surface area contributed by atoms with Gasteiger partial charge in [-0.25, -0.2) is 4.98 Å². The zero-order valence-electron chi connectivity index (χ0n) is 16.5. The van der Waals surface area contributed by atoms with Crippen LogP contribution in [0.5, 0.6) is 0 Å². The van der Waals surface area contributed by atoms with Crippen molar-refractivity contribution in [3.8, 4) is 0 Å². The van der Waals surface area contributed by atoms with E-state index in [1.165, 1.54) is 10.4 Å². The van der Waals surface area contributed by atoms with E-state index in [1.54, 1.807) is 17.6 Å². The smallest absolute Gasteiger partial charge is 0.191 e. The summed E-state index contributed by atoms with van der Waals surface area (Å²) in [5.41, 5.74) is 1.23. The van der Waals surface area contributed by atoms with Crippen LogP contribution in [0.4, 0.5) is 0 Å². The predicted molar refractivity (Wildman–Crippen MR) is 116 cm³/mol. The summed E-state index contributed by atoms with van der Waals surface area (Å²) in [5.74, 6) is 1.79. The highest BCUT2D eigenvalue weighted by atomic mass is 32.1. The summed E-state index contributed by atoms with van der Waals surface area (Å²) >= 11 is 1.78. The van der Waals surface area contributed by atoms with Crippen molar-refractivity contribution >= 4 is 17.3 Å². The first-order valence-corrected chi connectivity index (χ1v) is 10.6. The van der Waals surface area contributed by atoms with E-state index in [1.807, 2.05) is 24.4 Å². The molecule has 0 saturated carbocycles. The Hall–Kier alpha value is -2.60. The molecule has 2 N–H and O–H groups in total. The Morgan fingerprint density at radius 2 is 2.04 bits per heavy atom. The third-order valence-electron chi connectivity index (χ3n) is 4.44. The molecule has 0 aliphatic rings. The number of hydrogen-bond acceptors (Lipinski definition) is 4. The average molecular weight is 397 g/mol. The predicted octanol–water partition coefficient (Wildman–Crippen LogP) is 4.38. The largest absolute Gasteiger partial charge is 0.469 e. The van der Waals surface area contributed by atoms with E-state index in [4.69, 9.17) is 9.41 Å². The third kappa shape index (κ3) is 6.23. The lowest BCUT2D eigenvalue weighted by atomic mass is 10.1. The maximum Gasteiger partial charge on any atom is 0.191 e. The highest BCUT2D eigenvalue weighted by Crippen LogP contribution is 2.14. The van der Waals surface area contributed by atoms with E-state index in [0.717, 1.165) is 42.5 Å². The number of aromatic nitrogens is 1. The van der Waals surface area contributed by atoms with Gasteiger partial charge < -0.3 is 15.1 Å². The van der Waals surface area contributed by atoms with Crippen LogP contribution in [0.3, 0.4) is 0 Å². The molecule has 0 radical (unpaired) electrons. The van der Waals surface area contributed by atoms with E-state index in [2.05, 4.69) is 53.7 Å². The van der Waals surface area contributed by atoms with Crippen LogP contribution in [0.1, 0.15) is 41.1 Å². The molecule has 0 fully saturated rings. The Labute approximate surface area is 170 Å². The van der Waals surface area contributed by atoms with E-state index in [9.17, 15) is 0 Å². The van der Waals surface area contributed by atoms with Gasteiger partial charge in [0.15, 0.2) is 5.96 Å². The minimum absolute atomic E-state index is 0.169. The van der Waals surface area contributed by atoms with Gasteiger partial charge in [0, 0.05) is 37.0 Å². The van der Waals surface area contributed by atoms with Gasteiger partial charge in [-0.05, 0) is 31.0 Å². The number of aryl methyl sites for hydroxylation is 1. The normalized spacial score (nSPS) is 12.7. The number of furan rings is 1. The zero-order chi connectivity index (χ0) is 19.6. The fourth-order valence-corrected chi connectivity index (χ4v) is 3.68. The van der Waals surface area contributed by atoms with Gasteiger partial charge in [0.1, 0.15) is 5.76 Å². The molecular weight excluding hydrogens is 368 g/mol. The number of nitrogens with zero attached hydrogens (tertiary/aromatic N) is 2. The van der Waals surface area contributed by atoms with E-state index < -0.39 is 0 Å². The fraction of sp³-hybridized carbons (Fsp3) is 0.364. The molecule has 2 aromatic heterocycles. The van der Waals surface area contributed by atoms with Crippen LogP contribution in [-0.2, 0) is 19.3 Å². The summed E-state index contributed by atoms with van der Waals surface area (Å²) in [6.07, 6.45) is 6.40. The van der Waals surface area contributed by atoms with Gasteiger partial charge >= 0.3 is 0 Å². The molecule has 0 bridgehead atoms. The minimum atomic E-state index is 0.169. The molecule has 5 nitrogen and oxygen atoms in total. The van der Waals surface area contributed by atoms with Crippen molar-refractivity contribution in [2.24, 2.45) is 4.99 Å². The first-order chi connectivity index (χ1) is 13.7. The van der Waals surface area contributed by atoms with Gasteiger partial charge in [-0.2, -0.15) is 0 Å². The number of nitrogens with one attached hydrogen (secondary N) is 2. The number of rotatable bonds is 9. The summed E-state index contributed by atoms with van der Waals surface area (Å²) < 4.78 is 5.41. The van der Waals surface area contributed by atoms with Crippen LogP contribution in [0.15, 0.2) is 64.3 Å². The lowest BCUT2D eigenvalue weighted by molar-refractivity contribution is 0.506. The Balaban J connectivity index is 1.58. The van der Waals surface area contributed by atoms with Crippen LogP contribution in [0.2, 0.25) is 0 Å². The Morgan fingerprint density at radius 3 is 2.75 bits per heavy atom. The maximum absolute atomic E-state index is 5.41. The number of hydrogen-bond donors (Lipinski definition) is 2. The number of thiazole rings is 1. The van der Waals surface area contributed by atoms with Gasteiger partial charge in [0.25, 0.3) is 0 Å². The first-order valence-electron chi connectivity index (χ1n) is 9.80. The van der Waals surface area contributed by atoms with Gasteiger partial charge in [0.05, 0.1) is 17.3 Å². The second-order valence-electron chi connectivity index (χ2n) is 6.59. The van der Waals surface area contributed by atoms with Crippen LogP contribution in [0.25, 0.3) is 0 Å². The summed E-state index contributed by atoms with van der Waals surface area (Å²) in [6.45, 7) is 5.77. The SMILES string of the molecule is CCc1cnc(CCN=C(NCCc2ccco2)NC(C)c2ccccc2)s1. The molecule has 0 amide bonds. The molecule has 0 aliphatic heterocycles. The number of aliphatic imine (C=N–C) groups is 1. The van der Waals surface area contributed by atoms with E-state index in [0.29, 0.717) is 6.54 Å². The topological polar surface area (TPSA) is 62.5 Å². The van der Waals surface area contributed by atoms with Crippen molar-refractivity contribution in [3.05, 3.63) is 76.1 Å².